The normalized spacial score (nSPS) is 29.7. The predicted molar refractivity (Wildman–Crippen MR) is 75.2 cm³/mol. The highest BCUT2D eigenvalue weighted by Crippen LogP contribution is 2.48. The second-order valence-corrected chi connectivity index (χ2v) is 5.75. The monoisotopic (exact) mass is 289 g/mol. The fraction of sp³-hybridized carbons (Fsp3) is 0.533. The summed E-state index contributed by atoms with van der Waals surface area (Å²) in [4.78, 5) is 23.6. The summed E-state index contributed by atoms with van der Waals surface area (Å²) in [6.45, 7) is 1.29. The first-order valence-electron chi connectivity index (χ1n) is 7.33. The minimum absolute atomic E-state index is 0.0207. The Balaban J connectivity index is 1.51. The molecule has 3 rings (SSSR count). The number of allylic oxidation sites excluding steroid dienone is 2. The van der Waals surface area contributed by atoms with E-state index >= 15 is 0 Å². The highest BCUT2D eigenvalue weighted by molar-refractivity contribution is 5.86. The Hall–Kier alpha value is -2.11. The third kappa shape index (κ3) is 2.70. The van der Waals surface area contributed by atoms with E-state index in [1.54, 1.807) is 6.20 Å². The van der Waals surface area contributed by atoms with Crippen molar-refractivity contribution in [3.8, 4) is 0 Å². The van der Waals surface area contributed by atoms with E-state index in [1.165, 1.54) is 0 Å². The van der Waals surface area contributed by atoms with Crippen LogP contribution < -0.4 is 5.32 Å². The van der Waals surface area contributed by atoms with Gasteiger partial charge >= 0.3 is 5.97 Å². The van der Waals surface area contributed by atoms with Gasteiger partial charge < -0.3 is 10.4 Å². The smallest absolute Gasteiger partial charge is 0.307 e. The highest BCUT2D eigenvalue weighted by Gasteiger charge is 2.51. The summed E-state index contributed by atoms with van der Waals surface area (Å²) >= 11 is 0. The Labute approximate surface area is 122 Å². The van der Waals surface area contributed by atoms with Gasteiger partial charge in [0.25, 0.3) is 0 Å². The number of carbonyl (C=O) groups is 2. The van der Waals surface area contributed by atoms with E-state index < -0.39 is 17.8 Å². The Bertz CT molecular complexity index is 553. The number of carboxylic acids is 1. The number of hydrogen-bond acceptors (Lipinski definition) is 3. The van der Waals surface area contributed by atoms with Gasteiger partial charge in [-0.05, 0) is 30.7 Å². The van der Waals surface area contributed by atoms with Gasteiger partial charge in [0, 0.05) is 25.5 Å². The van der Waals surface area contributed by atoms with Crippen LogP contribution >= 0.6 is 0 Å². The molecular formula is C15H19N3O3. The van der Waals surface area contributed by atoms with Crippen LogP contribution in [0.15, 0.2) is 30.6 Å². The van der Waals surface area contributed by atoms with Gasteiger partial charge in [0.15, 0.2) is 0 Å². The van der Waals surface area contributed by atoms with Crippen molar-refractivity contribution in [2.24, 2.45) is 23.7 Å². The maximum absolute atomic E-state index is 12.3. The summed E-state index contributed by atoms with van der Waals surface area (Å²) in [5.41, 5.74) is 0. The molecule has 1 aromatic rings. The fourth-order valence-electron chi connectivity index (χ4n) is 3.52. The van der Waals surface area contributed by atoms with Crippen molar-refractivity contribution in [1.29, 1.82) is 0 Å². The summed E-state index contributed by atoms with van der Waals surface area (Å²) in [5.74, 6) is -1.86. The van der Waals surface area contributed by atoms with Gasteiger partial charge in [0.05, 0.1) is 11.8 Å². The van der Waals surface area contributed by atoms with Crippen molar-refractivity contribution in [3.05, 3.63) is 30.6 Å². The van der Waals surface area contributed by atoms with E-state index in [2.05, 4.69) is 10.4 Å². The number of hydrogen-bond donors (Lipinski definition) is 2. The molecule has 6 nitrogen and oxygen atoms in total. The maximum atomic E-state index is 12.3. The number of nitrogens with zero attached hydrogens (tertiary/aromatic N) is 2. The van der Waals surface area contributed by atoms with E-state index in [-0.39, 0.29) is 17.7 Å². The zero-order valence-electron chi connectivity index (χ0n) is 11.7. The number of carbonyl (C=O) groups excluding carboxylic acids is 1. The van der Waals surface area contributed by atoms with Crippen LogP contribution in [-0.2, 0) is 16.1 Å². The van der Waals surface area contributed by atoms with Gasteiger partial charge in [-0.1, -0.05) is 12.2 Å². The van der Waals surface area contributed by atoms with E-state index in [4.69, 9.17) is 0 Å². The number of nitrogens with one attached hydrogen (secondary N) is 1. The SMILES string of the molecule is O=C(O)[C@@H]1C2C=CC(C2)[C@@H]1C(=O)NCCCn1cccn1. The molecule has 112 valence electrons. The molecule has 4 atom stereocenters. The zero-order chi connectivity index (χ0) is 14.8. The second-order valence-electron chi connectivity index (χ2n) is 5.75. The lowest BCUT2D eigenvalue weighted by molar-refractivity contribution is -0.147. The minimum atomic E-state index is -0.858. The predicted octanol–water partition coefficient (Wildman–Crippen LogP) is 0.912. The van der Waals surface area contributed by atoms with Crippen LogP contribution in [0, 0.1) is 23.7 Å². The quantitative estimate of drug-likeness (QED) is 0.602. The average Bonchev–Trinajstić information content (AvgIpc) is 3.18. The highest BCUT2D eigenvalue weighted by atomic mass is 16.4. The Kier molecular flexibility index (Phi) is 3.77. The Morgan fingerprint density at radius 2 is 2.05 bits per heavy atom. The Morgan fingerprint density at radius 3 is 2.71 bits per heavy atom. The van der Waals surface area contributed by atoms with Crippen LogP contribution in [0.1, 0.15) is 12.8 Å². The molecule has 0 radical (unpaired) electrons. The molecule has 2 unspecified atom stereocenters. The topological polar surface area (TPSA) is 84.2 Å². The summed E-state index contributed by atoms with van der Waals surface area (Å²) in [6.07, 6.45) is 9.12. The van der Waals surface area contributed by atoms with Crippen molar-refractivity contribution in [2.45, 2.75) is 19.4 Å². The number of fused-ring (bicyclic) bond motifs is 2. The minimum Gasteiger partial charge on any atom is -0.481 e. The zero-order valence-corrected chi connectivity index (χ0v) is 11.7. The van der Waals surface area contributed by atoms with E-state index in [1.807, 2.05) is 29.1 Å². The standard InChI is InChI=1S/C15H19N3O3/c19-14(16-5-1-7-18-8-2-6-17-18)12-10-3-4-11(9-10)13(12)15(20)21/h2-4,6,8,10-13H,1,5,7,9H2,(H,16,19)(H,20,21)/t10?,11?,12-,13+/m0/s1. The van der Waals surface area contributed by atoms with Crippen molar-refractivity contribution in [2.75, 3.05) is 6.54 Å². The Morgan fingerprint density at radius 1 is 1.29 bits per heavy atom. The largest absolute Gasteiger partial charge is 0.481 e. The van der Waals surface area contributed by atoms with Crippen LogP contribution in [0.25, 0.3) is 0 Å². The molecule has 2 N–H and O–H groups in total. The van der Waals surface area contributed by atoms with Crippen molar-refractivity contribution < 1.29 is 14.7 Å². The van der Waals surface area contributed by atoms with Gasteiger partial charge in [-0.2, -0.15) is 5.10 Å². The number of aromatic nitrogens is 2. The molecule has 2 bridgehead atoms. The van der Waals surface area contributed by atoms with Gasteiger partial charge in [-0.15, -0.1) is 0 Å². The lowest BCUT2D eigenvalue weighted by atomic mass is 9.82. The molecule has 6 heteroatoms. The fourth-order valence-corrected chi connectivity index (χ4v) is 3.52. The van der Waals surface area contributed by atoms with E-state index in [0.717, 1.165) is 19.4 Å². The molecule has 21 heavy (non-hydrogen) atoms. The molecule has 1 heterocycles. The summed E-state index contributed by atoms with van der Waals surface area (Å²) in [6, 6.07) is 1.86. The number of carboxylic acid groups (broad SMARTS) is 1. The van der Waals surface area contributed by atoms with Crippen molar-refractivity contribution in [3.63, 3.8) is 0 Å². The van der Waals surface area contributed by atoms with Crippen LogP contribution in [0.2, 0.25) is 0 Å². The van der Waals surface area contributed by atoms with E-state index in [9.17, 15) is 14.7 Å². The summed E-state index contributed by atoms with van der Waals surface area (Å²) in [5, 5.41) is 16.3. The molecule has 0 aliphatic heterocycles. The molecule has 2 aliphatic carbocycles. The maximum Gasteiger partial charge on any atom is 0.307 e. The van der Waals surface area contributed by atoms with Gasteiger partial charge in [-0.3, -0.25) is 14.3 Å². The van der Waals surface area contributed by atoms with Crippen molar-refractivity contribution in [1.82, 2.24) is 15.1 Å². The molecule has 1 fully saturated rings. The first kappa shape index (κ1) is 13.9. The van der Waals surface area contributed by atoms with Gasteiger partial charge in [-0.25, -0.2) is 0 Å². The molecule has 1 saturated carbocycles. The lowest BCUT2D eigenvalue weighted by Crippen LogP contribution is -2.40. The van der Waals surface area contributed by atoms with E-state index in [0.29, 0.717) is 6.54 Å². The third-order valence-corrected chi connectivity index (χ3v) is 4.47. The first-order chi connectivity index (χ1) is 10.2. The number of rotatable bonds is 6. The number of amides is 1. The van der Waals surface area contributed by atoms with Crippen molar-refractivity contribution >= 4 is 11.9 Å². The number of aryl methyl sites for hydroxylation is 1. The van der Waals surface area contributed by atoms with Crippen LogP contribution in [0.5, 0.6) is 0 Å². The number of aliphatic carboxylic acids is 1. The molecule has 2 aliphatic rings. The van der Waals surface area contributed by atoms with Crippen LogP contribution in [0.4, 0.5) is 0 Å². The molecule has 0 spiro atoms. The van der Waals surface area contributed by atoms with Gasteiger partial charge in [0.2, 0.25) is 5.91 Å². The lowest BCUT2D eigenvalue weighted by Gasteiger charge is -2.23. The first-order valence-corrected chi connectivity index (χ1v) is 7.33. The average molecular weight is 289 g/mol. The summed E-state index contributed by atoms with van der Waals surface area (Å²) < 4.78 is 1.81. The molecular weight excluding hydrogens is 270 g/mol. The third-order valence-electron chi connectivity index (χ3n) is 4.47. The second kappa shape index (κ2) is 5.71. The molecule has 0 aromatic carbocycles. The molecule has 0 saturated heterocycles. The van der Waals surface area contributed by atoms with Crippen LogP contribution in [0.3, 0.4) is 0 Å². The summed E-state index contributed by atoms with van der Waals surface area (Å²) in [7, 11) is 0. The van der Waals surface area contributed by atoms with Gasteiger partial charge in [0.1, 0.15) is 0 Å². The molecule has 1 amide bonds. The molecule has 1 aromatic heterocycles. The van der Waals surface area contributed by atoms with Crippen LogP contribution in [-0.4, -0.2) is 33.3 Å².